The second kappa shape index (κ2) is 10.0. The average Bonchev–Trinajstić information content (AvgIpc) is 2.96. The molecule has 0 saturated carbocycles. The van der Waals surface area contributed by atoms with E-state index in [1.807, 2.05) is 13.0 Å². The number of nitrogens with one attached hydrogen (secondary N) is 2. The number of halogens is 2. The van der Waals surface area contributed by atoms with Crippen molar-refractivity contribution in [2.24, 2.45) is 0 Å². The van der Waals surface area contributed by atoms with E-state index in [-0.39, 0.29) is 23.4 Å². The number of aromatic nitrogens is 3. The van der Waals surface area contributed by atoms with Gasteiger partial charge in [-0.2, -0.15) is 0 Å². The highest BCUT2D eigenvalue weighted by Gasteiger charge is 2.14. The van der Waals surface area contributed by atoms with Gasteiger partial charge < -0.3 is 10.1 Å². The van der Waals surface area contributed by atoms with E-state index in [0.29, 0.717) is 34.8 Å². The fourth-order valence-corrected chi connectivity index (χ4v) is 3.35. The standard InChI is InChI=1S/C16H20Cl2N4O3S/c1-10(11-4-5-12(17)13(18)8-11)19-14(23)9-26-16-21-20-15(24)22(16)6-3-7-25-2/h4-5,8,10H,3,6-7,9H2,1-2H3,(H,19,23)(H,20,24). The van der Waals surface area contributed by atoms with Crippen LogP contribution in [-0.4, -0.2) is 40.1 Å². The van der Waals surface area contributed by atoms with Gasteiger partial charge in [0.15, 0.2) is 5.16 Å². The van der Waals surface area contributed by atoms with Crippen LogP contribution in [0.25, 0.3) is 0 Å². The summed E-state index contributed by atoms with van der Waals surface area (Å²) in [6, 6.07) is 5.01. The highest BCUT2D eigenvalue weighted by molar-refractivity contribution is 7.99. The van der Waals surface area contributed by atoms with Gasteiger partial charge in [-0.05, 0) is 31.0 Å². The predicted octanol–water partition coefficient (Wildman–Crippen LogP) is 2.88. The normalized spacial score (nSPS) is 12.2. The van der Waals surface area contributed by atoms with Crippen LogP contribution in [0.2, 0.25) is 10.0 Å². The van der Waals surface area contributed by atoms with Crippen LogP contribution in [0.1, 0.15) is 24.9 Å². The summed E-state index contributed by atoms with van der Waals surface area (Å²) in [5.41, 5.74) is 0.558. The van der Waals surface area contributed by atoms with Crippen LogP contribution in [-0.2, 0) is 16.1 Å². The monoisotopic (exact) mass is 418 g/mol. The summed E-state index contributed by atoms with van der Waals surface area (Å²) in [7, 11) is 1.60. The van der Waals surface area contributed by atoms with Crippen molar-refractivity contribution in [3.8, 4) is 0 Å². The molecule has 0 radical (unpaired) electrons. The molecule has 26 heavy (non-hydrogen) atoms. The van der Waals surface area contributed by atoms with Gasteiger partial charge in [-0.3, -0.25) is 9.36 Å². The number of nitrogens with zero attached hydrogens (tertiary/aromatic N) is 2. The van der Waals surface area contributed by atoms with E-state index in [4.69, 9.17) is 27.9 Å². The molecule has 0 bridgehead atoms. The molecule has 0 aliphatic carbocycles. The van der Waals surface area contributed by atoms with E-state index in [1.54, 1.807) is 19.2 Å². The number of carbonyl (C=O) groups is 1. The summed E-state index contributed by atoms with van der Waals surface area (Å²) in [4.78, 5) is 24.0. The Morgan fingerprint density at radius 3 is 2.88 bits per heavy atom. The maximum atomic E-state index is 12.2. The summed E-state index contributed by atoms with van der Waals surface area (Å²) in [5, 5.41) is 10.6. The number of methoxy groups -OCH3 is 1. The third kappa shape index (κ3) is 5.77. The average molecular weight is 419 g/mol. The Morgan fingerprint density at radius 1 is 1.42 bits per heavy atom. The van der Waals surface area contributed by atoms with E-state index >= 15 is 0 Å². The molecule has 2 aromatic rings. The number of thioether (sulfide) groups is 1. The molecule has 2 N–H and O–H groups in total. The number of rotatable bonds is 9. The fourth-order valence-electron chi connectivity index (χ4n) is 2.26. The van der Waals surface area contributed by atoms with Gasteiger partial charge in [0.25, 0.3) is 0 Å². The van der Waals surface area contributed by atoms with Crippen molar-refractivity contribution >= 4 is 40.9 Å². The van der Waals surface area contributed by atoms with Crippen molar-refractivity contribution < 1.29 is 9.53 Å². The first kappa shape index (κ1) is 20.8. The van der Waals surface area contributed by atoms with Gasteiger partial charge in [-0.15, -0.1) is 5.10 Å². The number of amides is 1. The van der Waals surface area contributed by atoms with Crippen molar-refractivity contribution in [2.75, 3.05) is 19.5 Å². The highest BCUT2D eigenvalue weighted by Crippen LogP contribution is 2.25. The molecule has 1 aromatic carbocycles. The summed E-state index contributed by atoms with van der Waals surface area (Å²) in [6.45, 7) is 2.88. The van der Waals surface area contributed by atoms with Crippen LogP contribution < -0.4 is 11.0 Å². The van der Waals surface area contributed by atoms with Crippen molar-refractivity contribution in [2.45, 2.75) is 31.1 Å². The van der Waals surface area contributed by atoms with Crippen LogP contribution in [0.4, 0.5) is 0 Å². The molecule has 142 valence electrons. The van der Waals surface area contributed by atoms with Gasteiger partial charge in [-0.1, -0.05) is 41.0 Å². The van der Waals surface area contributed by atoms with E-state index in [2.05, 4.69) is 15.5 Å². The van der Waals surface area contributed by atoms with Gasteiger partial charge in [0.2, 0.25) is 5.91 Å². The SMILES string of the molecule is COCCCn1c(SCC(=O)NC(C)c2ccc(Cl)c(Cl)c2)n[nH]c1=O. The summed E-state index contributed by atoms with van der Waals surface area (Å²) >= 11 is 13.1. The van der Waals surface area contributed by atoms with Crippen LogP contribution >= 0.6 is 35.0 Å². The molecule has 0 fully saturated rings. The Labute approximate surface area is 165 Å². The van der Waals surface area contributed by atoms with Crippen molar-refractivity contribution in [3.63, 3.8) is 0 Å². The number of hydrogen-bond acceptors (Lipinski definition) is 5. The zero-order valence-corrected chi connectivity index (χ0v) is 16.7. The Kier molecular flexibility index (Phi) is 8.02. The highest BCUT2D eigenvalue weighted by atomic mass is 35.5. The summed E-state index contributed by atoms with van der Waals surface area (Å²) < 4.78 is 6.48. The molecule has 1 heterocycles. The first-order valence-electron chi connectivity index (χ1n) is 7.93. The Bertz CT molecular complexity index is 809. The fraction of sp³-hybridized carbons (Fsp3) is 0.438. The number of aromatic amines is 1. The molecule has 1 amide bonds. The van der Waals surface area contributed by atoms with E-state index in [9.17, 15) is 9.59 Å². The van der Waals surface area contributed by atoms with Crippen LogP contribution in [0.15, 0.2) is 28.2 Å². The van der Waals surface area contributed by atoms with Gasteiger partial charge in [0.1, 0.15) is 0 Å². The summed E-state index contributed by atoms with van der Waals surface area (Å²) in [5.74, 6) is -0.0345. The number of hydrogen-bond donors (Lipinski definition) is 2. The minimum Gasteiger partial charge on any atom is -0.385 e. The lowest BCUT2D eigenvalue weighted by atomic mass is 10.1. The van der Waals surface area contributed by atoms with E-state index < -0.39 is 0 Å². The number of ether oxygens (including phenoxy) is 1. The van der Waals surface area contributed by atoms with E-state index in [0.717, 1.165) is 5.56 Å². The molecule has 1 aromatic heterocycles. The minimum atomic E-state index is -0.298. The third-order valence-electron chi connectivity index (χ3n) is 3.61. The van der Waals surface area contributed by atoms with Gasteiger partial charge in [0.05, 0.1) is 21.8 Å². The maximum Gasteiger partial charge on any atom is 0.343 e. The van der Waals surface area contributed by atoms with Crippen molar-refractivity contribution in [1.82, 2.24) is 20.1 Å². The van der Waals surface area contributed by atoms with Crippen LogP contribution in [0, 0.1) is 0 Å². The second-order valence-corrected chi connectivity index (χ2v) is 7.32. The molecule has 0 saturated heterocycles. The molecule has 1 atom stereocenters. The van der Waals surface area contributed by atoms with E-state index in [1.165, 1.54) is 16.3 Å². The van der Waals surface area contributed by atoms with Crippen LogP contribution in [0.5, 0.6) is 0 Å². The topological polar surface area (TPSA) is 89.0 Å². The smallest absolute Gasteiger partial charge is 0.343 e. The lowest BCUT2D eigenvalue weighted by Gasteiger charge is -2.15. The molecule has 0 aliphatic rings. The number of H-pyrrole nitrogens is 1. The lowest BCUT2D eigenvalue weighted by molar-refractivity contribution is -0.119. The minimum absolute atomic E-state index is 0.139. The Hall–Kier alpha value is -1.48. The molecule has 10 heteroatoms. The molecular formula is C16H20Cl2N4O3S. The summed E-state index contributed by atoms with van der Waals surface area (Å²) in [6.07, 6.45) is 0.685. The Balaban J connectivity index is 1.90. The molecular weight excluding hydrogens is 399 g/mol. The van der Waals surface area contributed by atoms with Gasteiger partial charge in [-0.25, -0.2) is 9.89 Å². The first-order valence-corrected chi connectivity index (χ1v) is 9.67. The number of benzene rings is 1. The maximum absolute atomic E-state index is 12.2. The predicted molar refractivity (Wildman–Crippen MR) is 103 cm³/mol. The van der Waals surface area contributed by atoms with Gasteiger partial charge in [0, 0.05) is 20.3 Å². The van der Waals surface area contributed by atoms with Crippen LogP contribution in [0.3, 0.4) is 0 Å². The van der Waals surface area contributed by atoms with Crippen molar-refractivity contribution in [3.05, 3.63) is 44.3 Å². The zero-order valence-electron chi connectivity index (χ0n) is 14.4. The largest absolute Gasteiger partial charge is 0.385 e. The molecule has 0 spiro atoms. The molecule has 1 unspecified atom stereocenters. The molecule has 0 aliphatic heterocycles. The number of carbonyl (C=O) groups excluding carboxylic acids is 1. The first-order chi connectivity index (χ1) is 12.4. The molecule has 2 rings (SSSR count). The third-order valence-corrected chi connectivity index (χ3v) is 5.32. The molecule has 7 nitrogen and oxygen atoms in total. The second-order valence-electron chi connectivity index (χ2n) is 5.56. The zero-order chi connectivity index (χ0) is 19.1. The quantitative estimate of drug-likeness (QED) is 0.482. The lowest BCUT2D eigenvalue weighted by Crippen LogP contribution is -2.28. The van der Waals surface area contributed by atoms with Gasteiger partial charge >= 0.3 is 5.69 Å². The Morgan fingerprint density at radius 2 is 2.19 bits per heavy atom. The van der Waals surface area contributed by atoms with Crippen molar-refractivity contribution in [1.29, 1.82) is 0 Å².